The van der Waals surface area contributed by atoms with Crippen molar-refractivity contribution in [1.82, 2.24) is 19.7 Å². The number of rotatable bonds is 6. The Kier molecular flexibility index (Phi) is 5.92. The van der Waals surface area contributed by atoms with Crippen LogP contribution in [0.5, 0.6) is 0 Å². The number of carbonyl (C=O) groups is 1. The van der Waals surface area contributed by atoms with Gasteiger partial charge in [-0.15, -0.1) is 0 Å². The predicted octanol–water partition coefficient (Wildman–Crippen LogP) is 4.83. The number of hydrogen-bond acceptors (Lipinski definition) is 5. The van der Waals surface area contributed by atoms with E-state index < -0.39 is 0 Å². The van der Waals surface area contributed by atoms with Gasteiger partial charge in [0.1, 0.15) is 18.5 Å². The highest BCUT2D eigenvalue weighted by Gasteiger charge is 2.11. The zero-order chi connectivity index (χ0) is 20.9. The van der Waals surface area contributed by atoms with Gasteiger partial charge in [0.15, 0.2) is 0 Å². The number of benzene rings is 2. The third-order valence-electron chi connectivity index (χ3n) is 4.27. The van der Waals surface area contributed by atoms with Gasteiger partial charge in [-0.2, -0.15) is 5.10 Å². The van der Waals surface area contributed by atoms with E-state index in [1.54, 1.807) is 35.4 Å². The van der Waals surface area contributed by atoms with Crippen molar-refractivity contribution >= 4 is 40.6 Å². The van der Waals surface area contributed by atoms with E-state index in [-0.39, 0.29) is 5.91 Å². The Morgan fingerprint density at radius 1 is 1.07 bits per heavy atom. The minimum atomic E-state index is -0.299. The summed E-state index contributed by atoms with van der Waals surface area (Å²) in [5.74, 6) is 0.424. The zero-order valence-electron chi connectivity index (χ0n) is 15.6. The van der Waals surface area contributed by atoms with Gasteiger partial charge in [-0.1, -0.05) is 35.3 Å². The van der Waals surface area contributed by atoms with Gasteiger partial charge in [0.2, 0.25) is 0 Å². The van der Waals surface area contributed by atoms with E-state index >= 15 is 0 Å². The Balaban J connectivity index is 1.39. The lowest BCUT2D eigenvalue weighted by Gasteiger charge is -2.10. The summed E-state index contributed by atoms with van der Waals surface area (Å²) in [6.07, 6.45) is 4.80. The standard InChI is InChI=1S/C21H16Cl2N6O/c22-15-4-6-18(19(23)9-15)21(30)28-16-3-1-2-14(8-16)10-25-20-7-5-17(11-26-20)29-13-24-12-27-29/h1-9,11-13H,10H2,(H,25,26)(H,28,30). The van der Waals surface area contributed by atoms with Gasteiger partial charge in [0, 0.05) is 17.3 Å². The van der Waals surface area contributed by atoms with Crippen molar-refractivity contribution in [3.05, 3.63) is 94.6 Å². The van der Waals surface area contributed by atoms with Gasteiger partial charge in [-0.3, -0.25) is 4.79 Å². The van der Waals surface area contributed by atoms with E-state index in [4.69, 9.17) is 23.2 Å². The molecule has 0 saturated carbocycles. The van der Waals surface area contributed by atoms with Crippen molar-refractivity contribution in [2.24, 2.45) is 0 Å². The van der Waals surface area contributed by atoms with Gasteiger partial charge in [-0.05, 0) is 48.0 Å². The summed E-state index contributed by atoms with van der Waals surface area (Å²) < 4.78 is 1.63. The van der Waals surface area contributed by atoms with E-state index in [1.165, 1.54) is 6.33 Å². The molecule has 2 aromatic heterocycles. The van der Waals surface area contributed by atoms with Gasteiger partial charge < -0.3 is 10.6 Å². The third-order valence-corrected chi connectivity index (χ3v) is 4.81. The molecular formula is C21H16Cl2N6O. The SMILES string of the molecule is O=C(Nc1cccc(CNc2ccc(-n3cncn3)cn2)c1)c1ccc(Cl)cc1Cl. The Morgan fingerprint density at radius 2 is 1.97 bits per heavy atom. The molecule has 9 heteroatoms. The molecule has 2 heterocycles. The van der Waals surface area contributed by atoms with Crippen LogP contribution in [0.4, 0.5) is 11.5 Å². The van der Waals surface area contributed by atoms with Gasteiger partial charge in [0.05, 0.1) is 22.5 Å². The molecule has 1 amide bonds. The summed E-state index contributed by atoms with van der Waals surface area (Å²) >= 11 is 12.0. The van der Waals surface area contributed by atoms with Crippen LogP contribution in [0.25, 0.3) is 5.69 Å². The molecule has 4 rings (SSSR count). The number of nitrogens with one attached hydrogen (secondary N) is 2. The summed E-state index contributed by atoms with van der Waals surface area (Å²) in [6.45, 7) is 0.543. The normalized spacial score (nSPS) is 10.6. The quantitative estimate of drug-likeness (QED) is 0.450. The Hall–Kier alpha value is -3.42. The van der Waals surface area contributed by atoms with Gasteiger partial charge in [0.25, 0.3) is 5.91 Å². The van der Waals surface area contributed by atoms with Crippen molar-refractivity contribution in [2.45, 2.75) is 6.54 Å². The van der Waals surface area contributed by atoms with Crippen LogP contribution in [-0.2, 0) is 6.54 Å². The van der Waals surface area contributed by atoms with Crippen LogP contribution >= 0.6 is 23.2 Å². The summed E-state index contributed by atoms with van der Waals surface area (Å²) in [6, 6.07) is 16.1. The second-order valence-electron chi connectivity index (χ2n) is 6.37. The highest BCUT2D eigenvalue weighted by Crippen LogP contribution is 2.22. The molecule has 0 fully saturated rings. The first-order valence-corrected chi connectivity index (χ1v) is 9.74. The van der Waals surface area contributed by atoms with Crippen LogP contribution in [0.15, 0.2) is 73.4 Å². The average molecular weight is 439 g/mol. The third kappa shape index (κ3) is 4.76. The van der Waals surface area contributed by atoms with Gasteiger partial charge >= 0.3 is 0 Å². The molecule has 150 valence electrons. The fraction of sp³-hybridized carbons (Fsp3) is 0.0476. The smallest absolute Gasteiger partial charge is 0.257 e. The Bertz CT molecular complexity index is 1160. The van der Waals surface area contributed by atoms with Crippen LogP contribution in [-0.4, -0.2) is 25.7 Å². The summed E-state index contributed by atoms with van der Waals surface area (Å²) in [4.78, 5) is 20.8. The van der Waals surface area contributed by atoms with Crippen LogP contribution in [0, 0.1) is 0 Å². The largest absolute Gasteiger partial charge is 0.366 e. The van der Waals surface area contributed by atoms with E-state index in [2.05, 4.69) is 25.7 Å². The molecule has 2 N–H and O–H groups in total. The molecule has 0 bridgehead atoms. The molecule has 7 nitrogen and oxygen atoms in total. The second-order valence-corrected chi connectivity index (χ2v) is 7.22. The fourth-order valence-corrected chi connectivity index (χ4v) is 3.29. The molecule has 0 spiro atoms. The first-order chi connectivity index (χ1) is 14.6. The van der Waals surface area contributed by atoms with Crippen LogP contribution in [0.2, 0.25) is 10.0 Å². The number of aromatic nitrogens is 4. The van der Waals surface area contributed by atoms with Crippen LogP contribution in [0.1, 0.15) is 15.9 Å². The van der Waals surface area contributed by atoms with Crippen LogP contribution < -0.4 is 10.6 Å². The van der Waals surface area contributed by atoms with Crippen molar-refractivity contribution in [3.63, 3.8) is 0 Å². The molecule has 0 aliphatic rings. The predicted molar refractivity (Wildman–Crippen MR) is 117 cm³/mol. The molecular weight excluding hydrogens is 423 g/mol. The number of nitrogens with zero attached hydrogens (tertiary/aromatic N) is 4. The summed E-state index contributed by atoms with van der Waals surface area (Å²) in [5, 5.41) is 11.0. The van der Waals surface area contributed by atoms with Crippen molar-refractivity contribution in [3.8, 4) is 5.69 Å². The lowest BCUT2D eigenvalue weighted by atomic mass is 10.1. The first kappa shape index (κ1) is 19.9. The van der Waals surface area contributed by atoms with Crippen molar-refractivity contribution < 1.29 is 4.79 Å². The number of amides is 1. The zero-order valence-corrected chi connectivity index (χ0v) is 17.1. The van der Waals surface area contributed by atoms with Crippen molar-refractivity contribution in [1.29, 1.82) is 0 Å². The molecule has 0 unspecified atom stereocenters. The average Bonchev–Trinajstić information content (AvgIpc) is 3.28. The molecule has 0 atom stereocenters. The van der Waals surface area contributed by atoms with E-state index in [0.717, 1.165) is 17.1 Å². The molecule has 0 saturated heterocycles. The highest BCUT2D eigenvalue weighted by atomic mass is 35.5. The molecule has 0 aliphatic carbocycles. The number of anilines is 2. The molecule has 2 aromatic carbocycles. The monoisotopic (exact) mass is 438 g/mol. The van der Waals surface area contributed by atoms with Crippen LogP contribution in [0.3, 0.4) is 0 Å². The topological polar surface area (TPSA) is 84.7 Å². The number of carbonyl (C=O) groups excluding carboxylic acids is 1. The molecule has 30 heavy (non-hydrogen) atoms. The van der Waals surface area contributed by atoms with E-state index in [9.17, 15) is 4.79 Å². The lowest BCUT2D eigenvalue weighted by Crippen LogP contribution is -2.12. The highest BCUT2D eigenvalue weighted by molar-refractivity contribution is 6.37. The minimum Gasteiger partial charge on any atom is -0.366 e. The maximum Gasteiger partial charge on any atom is 0.257 e. The van der Waals surface area contributed by atoms with E-state index in [0.29, 0.717) is 27.8 Å². The minimum absolute atomic E-state index is 0.299. The second kappa shape index (κ2) is 8.94. The fourth-order valence-electron chi connectivity index (χ4n) is 2.79. The Morgan fingerprint density at radius 3 is 2.70 bits per heavy atom. The molecule has 0 aliphatic heterocycles. The number of halogens is 2. The van der Waals surface area contributed by atoms with Crippen molar-refractivity contribution in [2.75, 3.05) is 10.6 Å². The Labute approximate surface area is 182 Å². The summed E-state index contributed by atoms with van der Waals surface area (Å²) in [7, 11) is 0. The van der Waals surface area contributed by atoms with Gasteiger partial charge in [-0.25, -0.2) is 14.6 Å². The molecule has 4 aromatic rings. The maximum absolute atomic E-state index is 12.5. The summed E-state index contributed by atoms with van der Waals surface area (Å²) in [5.41, 5.74) is 2.84. The van der Waals surface area contributed by atoms with E-state index in [1.807, 2.05) is 36.4 Å². The number of pyridine rings is 1. The molecule has 0 radical (unpaired) electrons. The maximum atomic E-state index is 12.5. The number of hydrogen-bond donors (Lipinski definition) is 2. The lowest BCUT2D eigenvalue weighted by molar-refractivity contribution is 0.102. The first-order valence-electron chi connectivity index (χ1n) is 8.99.